The van der Waals surface area contributed by atoms with Crippen LogP contribution in [0.15, 0.2) is 24.5 Å². The highest BCUT2D eigenvalue weighted by atomic mass is 35.5. The first kappa shape index (κ1) is 11.1. The van der Waals surface area contributed by atoms with Gasteiger partial charge in [0.15, 0.2) is 5.82 Å². The van der Waals surface area contributed by atoms with Crippen LogP contribution >= 0.6 is 11.6 Å². The summed E-state index contributed by atoms with van der Waals surface area (Å²) in [7, 11) is 1.88. The van der Waals surface area contributed by atoms with Crippen molar-refractivity contribution >= 4 is 11.6 Å². The molecule has 0 aliphatic rings. The number of nitrogens with one attached hydrogen (secondary N) is 1. The Morgan fingerprint density at radius 1 is 1.44 bits per heavy atom. The molecule has 2 aromatic rings. The SMILES string of the molecule is CNCc1nncn1-c1ccc(C)c(Cl)c1. The molecule has 84 valence electrons. The minimum absolute atomic E-state index is 0.672. The maximum atomic E-state index is 6.09. The smallest absolute Gasteiger partial charge is 0.151 e. The fraction of sp³-hybridized carbons (Fsp3) is 0.273. The van der Waals surface area contributed by atoms with E-state index in [4.69, 9.17) is 11.6 Å². The maximum absolute atomic E-state index is 6.09. The summed E-state index contributed by atoms with van der Waals surface area (Å²) in [5.74, 6) is 0.863. The molecule has 0 unspecified atom stereocenters. The molecule has 0 bridgehead atoms. The molecule has 5 heteroatoms. The first-order valence-electron chi connectivity index (χ1n) is 5.02. The second-order valence-corrected chi connectivity index (χ2v) is 3.99. The van der Waals surface area contributed by atoms with E-state index in [1.54, 1.807) is 6.33 Å². The number of hydrogen-bond donors (Lipinski definition) is 1. The van der Waals surface area contributed by atoms with Gasteiger partial charge in [-0.05, 0) is 31.7 Å². The Morgan fingerprint density at radius 2 is 2.25 bits per heavy atom. The van der Waals surface area contributed by atoms with Gasteiger partial charge in [0.25, 0.3) is 0 Å². The third-order valence-electron chi connectivity index (χ3n) is 2.39. The number of benzene rings is 1. The molecule has 0 spiro atoms. The van der Waals surface area contributed by atoms with Gasteiger partial charge in [-0.15, -0.1) is 10.2 Å². The highest BCUT2D eigenvalue weighted by Crippen LogP contribution is 2.19. The molecule has 0 amide bonds. The highest BCUT2D eigenvalue weighted by Gasteiger charge is 2.06. The van der Waals surface area contributed by atoms with Crippen molar-refractivity contribution in [1.82, 2.24) is 20.1 Å². The lowest BCUT2D eigenvalue weighted by Gasteiger charge is -2.07. The molecule has 0 radical (unpaired) electrons. The zero-order valence-electron chi connectivity index (χ0n) is 9.24. The average Bonchev–Trinajstić information content (AvgIpc) is 2.71. The molecule has 0 saturated carbocycles. The summed E-state index contributed by atoms with van der Waals surface area (Å²) in [4.78, 5) is 0. The summed E-state index contributed by atoms with van der Waals surface area (Å²) in [6.45, 7) is 2.65. The molecule has 0 aliphatic carbocycles. The summed E-state index contributed by atoms with van der Waals surface area (Å²) >= 11 is 6.09. The van der Waals surface area contributed by atoms with Gasteiger partial charge in [-0.3, -0.25) is 4.57 Å². The van der Waals surface area contributed by atoms with E-state index in [1.165, 1.54) is 0 Å². The van der Waals surface area contributed by atoms with E-state index in [2.05, 4.69) is 15.5 Å². The van der Waals surface area contributed by atoms with Crippen LogP contribution in [0.3, 0.4) is 0 Å². The fourth-order valence-corrected chi connectivity index (χ4v) is 1.66. The van der Waals surface area contributed by atoms with Crippen molar-refractivity contribution in [1.29, 1.82) is 0 Å². The molecule has 1 aromatic carbocycles. The maximum Gasteiger partial charge on any atom is 0.151 e. The average molecular weight is 237 g/mol. The van der Waals surface area contributed by atoms with Gasteiger partial charge in [-0.25, -0.2) is 0 Å². The molecular formula is C11H13ClN4. The molecule has 0 saturated heterocycles. The Kier molecular flexibility index (Phi) is 3.22. The summed E-state index contributed by atoms with van der Waals surface area (Å²) in [6.07, 6.45) is 1.69. The number of rotatable bonds is 3. The van der Waals surface area contributed by atoms with Crippen LogP contribution in [0.4, 0.5) is 0 Å². The molecule has 0 atom stereocenters. The van der Waals surface area contributed by atoms with E-state index >= 15 is 0 Å². The Balaban J connectivity index is 2.42. The van der Waals surface area contributed by atoms with Gasteiger partial charge < -0.3 is 5.32 Å². The zero-order valence-corrected chi connectivity index (χ0v) is 9.99. The van der Waals surface area contributed by atoms with Crippen molar-refractivity contribution in [3.8, 4) is 5.69 Å². The third kappa shape index (κ3) is 2.08. The molecule has 1 N–H and O–H groups in total. The van der Waals surface area contributed by atoms with E-state index in [-0.39, 0.29) is 0 Å². The van der Waals surface area contributed by atoms with Gasteiger partial charge >= 0.3 is 0 Å². The predicted molar refractivity (Wildman–Crippen MR) is 63.9 cm³/mol. The van der Waals surface area contributed by atoms with Crippen LogP contribution in [0.2, 0.25) is 5.02 Å². The molecule has 2 rings (SSSR count). The van der Waals surface area contributed by atoms with E-state index < -0.39 is 0 Å². The predicted octanol–water partition coefficient (Wildman–Crippen LogP) is 1.95. The van der Waals surface area contributed by atoms with Gasteiger partial charge in [0.2, 0.25) is 0 Å². The Bertz CT molecular complexity index is 492. The van der Waals surface area contributed by atoms with Crippen LogP contribution < -0.4 is 5.32 Å². The minimum atomic E-state index is 0.672. The number of halogens is 1. The number of nitrogens with zero attached hydrogens (tertiary/aromatic N) is 3. The Morgan fingerprint density at radius 3 is 2.94 bits per heavy atom. The normalized spacial score (nSPS) is 10.7. The minimum Gasteiger partial charge on any atom is -0.313 e. The van der Waals surface area contributed by atoms with Crippen LogP contribution in [0, 0.1) is 6.92 Å². The van der Waals surface area contributed by atoms with Crippen LogP contribution in [-0.2, 0) is 6.54 Å². The fourth-order valence-electron chi connectivity index (χ4n) is 1.48. The van der Waals surface area contributed by atoms with Crippen LogP contribution in [0.5, 0.6) is 0 Å². The van der Waals surface area contributed by atoms with Gasteiger partial charge in [0, 0.05) is 10.7 Å². The van der Waals surface area contributed by atoms with Crippen molar-refractivity contribution in [3.05, 3.63) is 40.9 Å². The van der Waals surface area contributed by atoms with Crippen molar-refractivity contribution in [2.24, 2.45) is 0 Å². The largest absolute Gasteiger partial charge is 0.313 e. The van der Waals surface area contributed by atoms with Gasteiger partial charge in [0.05, 0.1) is 6.54 Å². The lowest BCUT2D eigenvalue weighted by atomic mass is 10.2. The zero-order chi connectivity index (χ0) is 11.5. The summed E-state index contributed by atoms with van der Waals surface area (Å²) < 4.78 is 1.92. The summed E-state index contributed by atoms with van der Waals surface area (Å²) in [6, 6.07) is 5.91. The lowest BCUT2D eigenvalue weighted by Crippen LogP contribution is -2.11. The Labute approximate surface area is 99.3 Å². The van der Waals surface area contributed by atoms with Gasteiger partial charge in [0.1, 0.15) is 6.33 Å². The number of hydrogen-bond acceptors (Lipinski definition) is 3. The number of aromatic nitrogens is 3. The van der Waals surface area contributed by atoms with Crippen molar-refractivity contribution in [3.63, 3.8) is 0 Å². The molecule has 4 nitrogen and oxygen atoms in total. The second kappa shape index (κ2) is 4.63. The van der Waals surface area contributed by atoms with Gasteiger partial charge in [-0.1, -0.05) is 17.7 Å². The van der Waals surface area contributed by atoms with E-state index in [0.29, 0.717) is 6.54 Å². The van der Waals surface area contributed by atoms with Crippen molar-refractivity contribution in [2.75, 3.05) is 7.05 Å². The van der Waals surface area contributed by atoms with E-state index in [0.717, 1.165) is 22.1 Å². The monoisotopic (exact) mass is 236 g/mol. The molecule has 1 aromatic heterocycles. The second-order valence-electron chi connectivity index (χ2n) is 3.58. The van der Waals surface area contributed by atoms with Crippen LogP contribution in [-0.4, -0.2) is 21.8 Å². The molecule has 1 heterocycles. The molecule has 0 aliphatic heterocycles. The lowest BCUT2D eigenvalue weighted by molar-refractivity contribution is 0.737. The topological polar surface area (TPSA) is 42.7 Å². The van der Waals surface area contributed by atoms with Crippen LogP contribution in [0.1, 0.15) is 11.4 Å². The summed E-state index contributed by atoms with van der Waals surface area (Å²) in [5.41, 5.74) is 2.04. The van der Waals surface area contributed by atoms with Crippen molar-refractivity contribution < 1.29 is 0 Å². The van der Waals surface area contributed by atoms with Crippen LogP contribution in [0.25, 0.3) is 5.69 Å². The first-order chi connectivity index (χ1) is 7.72. The quantitative estimate of drug-likeness (QED) is 0.886. The van der Waals surface area contributed by atoms with E-state index in [1.807, 2.05) is 36.7 Å². The van der Waals surface area contributed by atoms with E-state index in [9.17, 15) is 0 Å². The highest BCUT2D eigenvalue weighted by molar-refractivity contribution is 6.31. The van der Waals surface area contributed by atoms with Gasteiger partial charge in [-0.2, -0.15) is 0 Å². The molecule has 0 fully saturated rings. The summed E-state index contributed by atoms with van der Waals surface area (Å²) in [5, 5.41) is 11.7. The Hall–Kier alpha value is -1.39. The molecular weight excluding hydrogens is 224 g/mol. The van der Waals surface area contributed by atoms with Crippen molar-refractivity contribution in [2.45, 2.75) is 13.5 Å². The first-order valence-corrected chi connectivity index (χ1v) is 5.40. The standard InChI is InChI=1S/C11H13ClN4/c1-8-3-4-9(5-10(8)12)16-7-14-15-11(16)6-13-2/h3-5,7,13H,6H2,1-2H3. The molecule has 16 heavy (non-hydrogen) atoms. The third-order valence-corrected chi connectivity index (χ3v) is 2.79. The number of aryl methyl sites for hydroxylation is 1.